The second kappa shape index (κ2) is 3.58. The van der Waals surface area contributed by atoms with Crippen LogP contribution in [0.4, 0.5) is 0 Å². The van der Waals surface area contributed by atoms with E-state index in [4.69, 9.17) is 16.3 Å². The normalized spacial score (nSPS) is 19.1. The van der Waals surface area contributed by atoms with Gasteiger partial charge in [0.1, 0.15) is 11.3 Å². The van der Waals surface area contributed by atoms with Crippen molar-refractivity contribution in [2.45, 2.75) is 25.9 Å². The van der Waals surface area contributed by atoms with Gasteiger partial charge >= 0.3 is 5.97 Å². The number of rotatable bonds is 1. The minimum absolute atomic E-state index is 0.207. The second-order valence-corrected chi connectivity index (χ2v) is 3.70. The van der Waals surface area contributed by atoms with Crippen LogP contribution in [0.25, 0.3) is 0 Å². The largest absolute Gasteiger partial charge is 0.456 e. The molecule has 0 amide bonds. The molecule has 0 radical (unpaired) electrons. The van der Waals surface area contributed by atoms with E-state index in [0.717, 1.165) is 24.1 Å². The van der Waals surface area contributed by atoms with Crippen molar-refractivity contribution in [1.29, 1.82) is 0 Å². The first-order valence-electron chi connectivity index (χ1n) is 4.49. The summed E-state index contributed by atoms with van der Waals surface area (Å²) in [6.07, 6.45) is 1.50. The van der Waals surface area contributed by atoms with Gasteiger partial charge in [-0.1, -0.05) is 17.7 Å². The predicted molar refractivity (Wildman–Crippen MR) is 52.1 cm³/mol. The fourth-order valence-electron chi connectivity index (χ4n) is 1.71. The van der Waals surface area contributed by atoms with Crippen molar-refractivity contribution in [3.05, 3.63) is 28.5 Å². The topological polar surface area (TPSA) is 39.2 Å². The van der Waals surface area contributed by atoms with Gasteiger partial charge in [-0.3, -0.25) is 4.79 Å². The maximum absolute atomic E-state index is 10.8. The molecule has 0 N–H and O–H groups in total. The first-order valence-corrected chi connectivity index (χ1v) is 4.87. The molecule has 0 fully saturated rings. The van der Waals surface area contributed by atoms with Crippen molar-refractivity contribution in [3.63, 3.8) is 0 Å². The number of carbonyl (C=O) groups is 1. The number of pyridine rings is 1. The smallest absolute Gasteiger partial charge is 0.303 e. The summed E-state index contributed by atoms with van der Waals surface area (Å²) in [7, 11) is 0. The molecule has 1 atom stereocenters. The Hall–Kier alpha value is -1.09. The Morgan fingerprint density at radius 2 is 2.43 bits per heavy atom. The molecule has 3 nitrogen and oxygen atoms in total. The molecule has 0 aliphatic heterocycles. The first-order chi connectivity index (χ1) is 6.66. The average Bonchev–Trinajstić information content (AvgIpc) is 2.47. The zero-order valence-corrected chi connectivity index (χ0v) is 8.54. The van der Waals surface area contributed by atoms with Gasteiger partial charge < -0.3 is 4.74 Å². The summed E-state index contributed by atoms with van der Waals surface area (Å²) in [6.45, 7) is 1.41. The fourth-order valence-corrected chi connectivity index (χ4v) is 1.86. The third-order valence-electron chi connectivity index (χ3n) is 2.27. The van der Waals surface area contributed by atoms with Gasteiger partial charge in [-0.2, -0.15) is 0 Å². The van der Waals surface area contributed by atoms with Crippen molar-refractivity contribution in [3.8, 4) is 0 Å². The lowest BCUT2D eigenvalue weighted by Crippen LogP contribution is -2.06. The highest BCUT2D eigenvalue weighted by Crippen LogP contribution is 2.33. The number of esters is 1. The van der Waals surface area contributed by atoms with Gasteiger partial charge in [-0.05, 0) is 24.5 Å². The minimum Gasteiger partial charge on any atom is -0.456 e. The van der Waals surface area contributed by atoms with E-state index in [1.54, 1.807) is 6.07 Å². The summed E-state index contributed by atoms with van der Waals surface area (Å²) >= 11 is 5.77. The molecule has 1 aliphatic rings. The van der Waals surface area contributed by atoms with Crippen molar-refractivity contribution < 1.29 is 9.53 Å². The van der Waals surface area contributed by atoms with Crippen molar-refractivity contribution >= 4 is 17.6 Å². The third-order valence-corrected chi connectivity index (χ3v) is 2.48. The minimum atomic E-state index is -0.273. The summed E-state index contributed by atoms with van der Waals surface area (Å²) in [6, 6.07) is 3.70. The van der Waals surface area contributed by atoms with Crippen LogP contribution in [0.3, 0.4) is 0 Å². The van der Waals surface area contributed by atoms with E-state index < -0.39 is 0 Å². The summed E-state index contributed by atoms with van der Waals surface area (Å²) in [5.41, 5.74) is 1.94. The van der Waals surface area contributed by atoms with Gasteiger partial charge in [-0.15, -0.1) is 0 Å². The van der Waals surface area contributed by atoms with Crippen molar-refractivity contribution in [1.82, 2.24) is 4.98 Å². The lowest BCUT2D eigenvalue weighted by molar-refractivity contribution is -0.146. The SMILES string of the molecule is CC(=O)O[C@H]1CCc2ccc(Cl)nc21. The number of aromatic nitrogens is 1. The van der Waals surface area contributed by atoms with Gasteiger partial charge in [0.2, 0.25) is 0 Å². The van der Waals surface area contributed by atoms with Crippen LogP contribution in [0.5, 0.6) is 0 Å². The van der Waals surface area contributed by atoms with Crippen LogP contribution in [-0.4, -0.2) is 11.0 Å². The molecule has 4 heteroatoms. The number of carbonyl (C=O) groups excluding carboxylic acids is 1. The molecule has 74 valence electrons. The molecule has 0 saturated heterocycles. The van der Waals surface area contributed by atoms with Crippen LogP contribution in [0.1, 0.15) is 30.7 Å². The van der Waals surface area contributed by atoms with E-state index >= 15 is 0 Å². The number of hydrogen-bond acceptors (Lipinski definition) is 3. The van der Waals surface area contributed by atoms with Crippen LogP contribution in [0.2, 0.25) is 5.15 Å². The predicted octanol–water partition coefficient (Wildman–Crippen LogP) is 2.29. The number of fused-ring (bicyclic) bond motifs is 1. The lowest BCUT2D eigenvalue weighted by Gasteiger charge is -2.10. The molecule has 1 aromatic heterocycles. The Labute approximate surface area is 87.0 Å². The molecular weight excluding hydrogens is 202 g/mol. The van der Waals surface area contributed by atoms with Crippen LogP contribution < -0.4 is 0 Å². The number of hydrogen-bond donors (Lipinski definition) is 0. The Morgan fingerprint density at radius 3 is 3.14 bits per heavy atom. The molecule has 1 aliphatic carbocycles. The molecule has 0 aromatic carbocycles. The highest BCUT2D eigenvalue weighted by molar-refractivity contribution is 6.29. The van der Waals surface area contributed by atoms with E-state index in [9.17, 15) is 4.79 Å². The molecule has 2 rings (SSSR count). The third kappa shape index (κ3) is 1.73. The number of ether oxygens (including phenoxy) is 1. The molecule has 0 saturated carbocycles. The standard InChI is InChI=1S/C10H10ClNO2/c1-6(13)14-8-4-2-7-3-5-9(11)12-10(7)8/h3,5,8H,2,4H2,1H3/t8-/m0/s1. The molecule has 1 heterocycles. The monoisotopic (exact) mass is 211 g/mol. The summed E-state index contributed by atoms with van der Waals surface area (Å²) in [4.78, 5) is 15.0. The zero-order valence-electron chi connectivity index (χ0n) is 7.79. The van der Waals surface area contributed by atoms with Crippen LogP contribution >= 0.6 is 11.6 Å². The van der Waals surface area contributed by atoms with Crippen LogP contribution in [0.15, 0.2) is 12.1 Å². The quantitative estimate of drug-likeness (QED) is 0.529. The Morgan fingerprint density at radius 1 is 1.64 bits per heavy atom. The first kappa shape index (κ1) is 9.46. The van der Waals surface area contributed by atoms with Gasteiger partial charge in [0.25, 0.3) is 0 Å². The number of halogens is 1. The molecule has 0 spiro atoms. The van der Waals surface area contributed by atoms with Crippen molar-refractivity contribution in [2.75, 3.05) is 0 Å². The highest BCUT2D eigenvalue weighted by atomic mass is 35.5. The van der Waals surface area contributed by atoms with E-state index in [-0.39, 0.29) is 12.1 Å². The van der Waals surface area contributed by atoms with Gasteiger partial charge in [0.15, 0.2) is 0 Å². The Bertz CT molecular complexity index is 378. The number of aryl methyl sites for hydroxylation is 1. The van der Waals surface area contributed by atoms with E-state index in [2.05, 4.69) is 4.98 Å². The summed E-state index contributed by atoms with van der Waals surface area (Å²) in [5.74, 6) is -0.273. The fraction of sp³-hybridized carbons (Fsp3) is 0.400. The zero-order chi connectivity index (χ0) is 10.1. The molecular formula is C10H10ClNO2. The average molecular weight is 212 g/mol. The molecule has 1 aromatic rings. The Balaban J connectivity index is 2.28. The van der Waals surface area contributed by atoms with Gasteiger partial charge in [-0.25, -0.2) is 4.98 Å². The van der Waals surface area contributed by atoms with Crippen LogP contribution in [-0.2, 0) is 16.0 Å². The maximum Gasteiger partial charge on any atom is 0.303 e. The Kier molecular flexibility index (Phi) is 2.42. The number of nitrogens with zero attached hydrogens (tertiary/aromatic N) is 1. The highest BCUT2D eigenvalue weighted by Gasteiger charge is 2.26. The van der Waals surface area contributed by atoms with Crippen LogP contribution in [0, 0.1) is 0 Å². The summed E-state index contributed by atoms with van der Waals surface area (Å²) < 4.78 is 5.13. The van der Waals surface area contributed by atoms with E-state index in [1.807, 2.05) is 6.07 Å². The van der Waals surface area contributed by atoms with E-state index in [0.29, 0.717) is 5.15 Å². The molecule has 14 heavy (non-hydrogen) atoms. The summed E-state index contributed by atoms with van der Waals surface area (Å²) in [5, 5.41) is 0.447. The molecule has 0 bridgehead atoms. The lowest BCUT2D eigenvalue weighted by atomic mass is 10.2. The maximum atomic E-state index is 10.8. The van der Waals surface area contributed by atoms with Gasteiger partial charge in [0, 0.05) is 6.92 Å². The van der Waals surface area contributed by atoms with Gasteiger partial charge in [0.05, 0.1) is 5.69 Å². The second-order valence-electron chi connectivity index (χ2n) is 3.32. The molecule has 0 unspecified atom stereocenters. The van der Waals surface area contributed by atoms with Crippen molar-refractivity contribution in [2.24, 2.45) is 0 Å². The van der Waals surface area contributed by atoms with E-state index in [1.165, 1.54) is 6.92 Å².